The number of halogens is 3. The molecule has 0 saturated carbocycles. The van der Waals surface area contributed by atoms with Gasteiger partial charge >= 0.3 is 6.18 Å². The summed E-state index contributed by atoms with van der Waals surface area (Å²) >= 11 is 0. The van der Waals surface area contributed by atoms with Crippen LogP contribution in [0.1, 0.15) is 19.3 Å². The number of nitrogens with two attached hydrogens (primary N) is 1. The molecular formula is C8H13F3N2O. The molecule has 0 radical (unpaired) electrons. The van der Waals surface area contributed by atoms with Crippen molar-refractivity contribution in [2.75, 3.05) is 13.1 Å². The minimum atomic E-state index is -4.33. The fourth-order valence-electron chi connectivity index (χ4n) is 1.69. The number of likely N-dealkylation sites (tertiary alicyclic amines) is 1. The highest BCUT2D eigenvalue weighted by molar-refractivity contribution is 5.78. The number of nitrogens with zero attached hydrogens (tertiary/aromatic N) is 1. The van der Waals surface area contributed by atoms with E-state index in [1.54, 1.807) is 0 Å². The Morgan fingerprint density at radius 1 is 1.43 bits per heavy atom. The summed E-state index contributed by atoms with van der Waals surface area (Å²) in [7, 11) is 0. The van der Waals surface area contributed by atoms with Gasteiger partial charge in [0.05, 0.1) is 6.54 Å². The molecule has 1 fully saturated rings. The molecule has 1 aliphatic rings. The summed E-state index contributed by atoms with van der Waals surface area (Å²) in [5.41, 5.74) is 5.05. The third kappa shape index (κ3) is 2.37. The van der Waals surface area contributed by atoms with Crippen molar-refractivity contribution in [2.45, 2.75) is 31.5 Å². The highest BCUT2D eigenvalue weighted by Crippen LogP contribution is 2.31. The molecule has 6 heteroatoms. The van der Waals surface area contributed by atoms with Crippen LogP contribution in [-0.4, -0.2) is 36.1 Å². The average molecular weight is 210 g/mol. The zero-order valence-electron chi connectivity index (χ0n) is 7.68. The standard InChI is InChI=1S/C8H13F3N2O/c9-8(10,11)6-3-1-2-4-13(6)7(14)5-12/h6H,1-5,12H2. The molecule has 1 aliphatic heterocycles. The first kappa shape index (κ1) is 11.3. The summed E-state index contributed by atoms with van der Waals surface area (Å²) in [6.45, 7) is -0.188. The van der Waals surface area contributed by atoms with E-state index in [9.17, 15) is 18.0 Å². The third-order valence-corrected chi connectivity index (χ3v) is 2.38. The van der Waals surface area contributed by atoms with Gasteiger partial charge in [0, 0.05) is 6.54 Å². The fourth-order valence-corrected chi connectivity index (χ4v) is 1.69. The minimum Gasteiger partial charge on any atom is -0.329 e. The first-order valence-electron chi connectivity index (χ1n) is 4.53. The lowest BCUT2D eigenvalue weighted by Gasteiger charge is -2.36. The van der Waals surface area contributed by atoms with E-state index in [0.717, 1.165) is 4.90 Å². The van der Waals surface area contributed by atoms with Gasteiger partial charge in [-0.1, -0.05) is 0 Å². The molecule has 0 aromatic heterocycles. The Morgan fingerprint density at radius 3 is 2.57 bits per heavy atom. The maximum atomic E-state index is 12.5. The van der Waals surface area contributed by atoms with E-state index in [4.69, 9.17) is 5.73 Å². The zero-order valence-corrected chi connectivity index (χ0v) is 7.68. The predicted molar refractivity (Wildman–Crippen MR) is 44.5 cm³/mol. The van der Waals surface area contributed by atoms with Crippen molar-refractivity contribution < 1.29 is 18.0 Å². The summed E-state index contributed by atoms with van der Waals surface area (Å²) in [4.78, 5) is 12.0. The number of amides is 1. The van der Waals surface area contributed by atoms with Crippen LogP contribution in [0.2, 0.25) is 0 Å². The van der Waals surface area contributed by atoms with Crippen LogP contribution in [0.5, 0.6) is 0 Å². The predicted octanol–water partition coefficient (Wildman–Crippen LogP) is 0.888. The van der Waals surface area contributed by atoms with Gasteiger partial charge in [-0.15, -0.1) is 0 Å². The lowest BCUT2D eigenvalue weighted by atomic mass is 10.0. The van der Waals surface area contributed by atoms with Crippen LogP contribution in [0.3, 0.4) is 0 Å². The largest absolute Gasteiger partial charge is 0.408 e. The van der Waals surface area contributed by atoms with Crippen molar-refractivity contribution >= 4 is 5.91 Å². The summed E-state index contributed by atoms with van der Waals surface area (Å²) in [5.74, 6) is -0.618. The van der Waals surface area contributed by atoms with Crippen LogP contribution >= 0.6 is 0 Å². The van der Waals surface area contributed by atoms with Gasteiger partial charge in [0.15, 0.2) is 0 Å². The molecule has 1 rings (SSSR count). The van der Waals surface area contributed by atoms with E-state index < -0.39 is 18.1 Å². The molecule has 0 aromatic carbocycles. The van der Waals surface area contributed by atoms with Crippen LogP contribution in [0.15, 0.2) is 0 Å². The lowest BCUT2D eigenvalue weighted by molar-refractivity contribution is -0.195. The third-order valence-electron chi connectivity index (χ3n) is 2.38. The Hall–Kier alpha value is -0.780. The van der Waals surface area contributed by atoms with Gasteiger partial charge in [0.2, 0.25) is 5.91 Å². The van der Waals surface area contributed by atoms with Crippen molar-refractivity contribution in [3.8, 4) is 0 Å². The lowest BCUT2D eigenvalue weighted by Crippen LogP contribution is -2.53. The Labute approximate surface area is 80.0 Å². The van der Waals surface area contributed by atoms with Gasteiger partial charge in [0.1, 0.15) is 6.04 Å². The molecular weight excluding hydrogens is 197 g/mol. The maximum absolute atomic E-state index is 12.5. The van der Waals surface area contributed by atoms with Gasteiger partial charge in [-0.2, -0.15) is 13.2 Å². The quantitative estimate of drug-likeness (QED) is 0.698. The number of alkyl halides is 3. The molecule has 0 bridgehead atoms. The second kappa shape index (κ2) is 4.16. The van der Waals surface area contributed by atoms with Gasteiger partial charge in [-0.25, -0.2) is 0 Å². The van der Waals surface area contributed by atoms with Crippen LogP contribution < -0.4 is 5.73 Å². The second-order valence-corrected chi connectivity index (χ2v) is 3.34. The first-order valence-corrected chi connectivity index (χ1v) is 4.53. The van der Waals surface area contributed by atoms with Crippen LogP contribution in [0, 0.1) is 0 Å². The van der Waals surface area contributed by atoms with Crippen molar-refractivity contribution in [3.05, 3.63) is 0 Å². The Balaban J connectivity index is 2.74. The van der Waals surface area contributed by atoms with E-state index >= 15 is 0 Å². The van der Waals surface area contributed by atoms with Gasteiger partial charge in [-0.3, -0.25) is 4.79 Å². The molecule has 1 amide bonds. The van der Waals surface area contributed by atoms with E-state index in [2.05, 4.69) is 0 Å². The topological polar surface area (TPSA) is 46.3 Å². The number of hydrogen-bond acceptors (Lipinski definition) is 2. The van der Waals surface area contributed by atoms with Crippen molar-refractivity contribution in [3.63, 3.8) is 0 Å². The van der Waals surface area contributed by atoms with Crippen LogP contribution in [0.25, 0.3) is 0 Å². The molecule has 0 spiro atoms. The average Bonchev–Trinajstić information content (AvgIpc) is 2.15. The number of carbonyl (C=O) groups is 1. The van der Waals surface area contributed by atoms with Crippen molar-refractivity contribution in [1.29, 1.82) is 0 Å². The number of hydrogen-bond donors (Lipinski definition) is 1. The monoisotopic (exact) mass is 210 g/mol. The highest BCUT2D eigenvalue weighted by atomic mass is 19.4. The first-order chi connectivity index (χ1) is 6.46. The molecule has 14 heavy (non-hydrogen) atoms. The molecule has 1 unspecified atom stereocenters. The Bertz CT molecular complexity index is 217. The minimum absolute atomic E-state index is 0.00472. The number of carbonyl (C=O) groups excluding carboxylic acids is 1. The summed E-state index contributed by atoms with van der Waals surface area (Å²) in [5, 5.41) is 0. The summed E-state index contributed by atoms with van der Waals surface area (Å²) in [6.07, 6.45) is -3.20. The molecule has 1 heterocycles. The summed E-state index contributed by atoms with van der Waals surface area (Å²) < 4.78 is 37.4. The zero-order chi connectivity index (χ0) is 10.8. The molecule has 82 valence electrons. The molecule has 0 aliphatic carbocycles. The van der Waals surface area contributed by atoms with Crippen molar-refractivity contribution in [2.24, 2.45) is 5.73 Å². The molecule has 2 N–H and O–H groups in total. The van der Waals surface area contributed by atoms with Gasteiger partial charge < -0.3 is 10.6 Å². The second-order valence-electron chi connectivity index (χ2n) is 3.34. The Morgan fingerprint density at radius 2 is 2.07 bits per heavy atom. The molecule has 1 atom stereocenters. The van der Waals surface area contributed by atoms with Gasteiger partial charge in [0.25, 0.3) is 0 Å². The van der Waals surface area contributed by atoms with E-state index in [1.165, 1.54) is 0 Å². The number of rotatable bonds is 1. The van der Waals surface area contributed by atoms with Gasteiger partial charge in [-0.05, 0) is 19.3 Å². The Kier molecular flexibility index (Phi) is 3.36. The fraction of sp³-hybridized carbons (Fsp3) is 0.875. The SMILES string of the molecule is NCC(=O)N1CCCCC1C(F)(F)F. The normalized spacial score (nSPS) is 23.7. The smallest absolute Gasteiger partial charge is 0.329 e. The highest BCUT2D eigenvalue weighted by Gasteiger charge is 2.45. The molecule has 0 aromatic rings. The molecule has 1 saturated heterocycles. The summed E-state index contributed by atoms with van der Waals surface area (Å²) in [6, 6.07) is -1.63. The van der Waals surface area contributed by atoms with Crippen LogP contribution in [0.4, 0.5) is 13.2 Å². The van der Waals surface area contributed by atoms with E-state index in [-0.39, 0.29) is 19.5 Å². The van der Waals surface area contributed by atoms with Crippen LogP contribution in [-0.2, 0) is 4.79 Å². The molecule has 3 nitrogen and oxygen atoms in total. The maximum Gasteiger partial charge on any atom is 0.408 e. The van der Waals surface area contributed by atoms with E-state index in [1.807, 2.05) is 0 Å². The number of piperidine rings is 1. The van der Waals surface area contributed by atoms with E-state index in [0.29, 0.717) is 12.8 Å². The van der Waals surface area contributed by atoms with Crippen molar-refractivity contribution in [1.82, 2.24) is 4.90 Å².